The Bertz CT molecular complexity index is 1200. The fourth-order valence-corrected chi connectivity index (χ4v) is 5.67. The maximum absolute atomic E-state index is 12.9. The molecule has 0 bridgehead atoms. The Morgan fingerprint density at radius 3 is 2.48 bits per heavy atom. The normalized spacial score (nSPS) is 23.2. The van der Waals surface area contributed by atoms with E-state index in [1.54, 1.807) is 30.1 Å². The number of benzene rings is 2. The number of rotatable bonds is 8. The highest BCUT2D eigenvalue weighted by Gasteiger charge is 2.49. The van der Waals surface area contributed by atoms with Crippen LogP contribution in [0.15, 0.2) is 59.8 Å². The molecule has 1 N–H and O–H groups in total. The summed E-state index contributed by atoms with van der Waals surface area (Å²) in [5.74, 6) is 0.574. The molecule has 1 aliphatic rings. The first-order valence-electron chi connectivity index (χ1n) is 10.9. The van der Waals surface area contributed by atoms with Crippen molar-refractivity contribution in [1.29, 1.82) is 0 Å². The van der Waals surface area contributed by atoms with Gasteiger partial charge in [-0.2, -0.15) is 13.5 Å². The van der Waals surface area contributed by atoms with Gasteiger partial charge in [-0.05, 0) is 68.9 Å². The summed E-state index contributed by atoms with van der Waals surface area (Å²) < 4.78 is 32.9. The number of aliphatic hydroxyl groups is 1. The van der Waals surface area contributed by atoms with E-state index in [4.69, 9.17) is 15.8 Å². The summed E-state index contributed by atoms with van der Waals surface area (Å²) in [6.07, 6.45) is 2.84. The topological polar surface area (TPSA) is 94.3 Å². The Hall–Kier alpha value is -2.26. The number of aryl methyl sites for hydroxylation is 2. The zero-order valence-electron chi connectivity index (χ0n) is 18.7. The van der Waals surface area contributed by atoms with Crippen molar-refractivity contribution in [1.82, 2.24) is 14.8 Å². The number of hydrogen-bond acceptors (Lipinski definition) is 6. The molecule has 7 nitrogen and oxygen atoms in total. The molecule has 9 heteroatoms. The molecule has 176 valence electrons. The Morgan fingerprint density at radius 1 is 1.15 bits per heavy atom. The van der Waals surface area contributed by atoms with Gasteiger partial charge in [-0.1, -0.05) is 41.4 Å². The number of nitrogens with zero attached hydrogens (tertiary/aromatic N) is 3. The highest BCUT2D eigenvalue weighted by atomic mass is 35.5. The van der Waals surface area contributed by atoms with Crippen LogP contribution in [0.2, 0.25) is 5.02 Å². The summed E-state index contributed by atoms with van der Waals surface area (Å²) in [5.41, 5.74) is 1.22. The van der Waals surface area contributed by atoms with E-state index < -0.39 is 21.6 Å². The van der Waals surface area contributed by atoms with Crippen LogP contribution >= 0.6 is 11.6 Å². The summed E-state index contributed by atoms with van der Waals surface area (Å²) >= 11 is 6.00. The van der Waals surface area contributed by atoms with Gasteiger partial charge in [0.05, 0.1) is 24.2 Å². The molecule has 1 heterocycles. The second-order valence-corrected chi connectivity index (χ2v) is 11.0. The van der Waals surface area contributed by atoms with E-state index in [-0.39, 0.29) is 17.4 Å². The highest BCUT2D eigenvalue weighted by molar-refractivity contribution is 7.86. The maximum Gasteiger partial charge on any atom is 0.296 e. The molecule has 0 aliphatic heterocycles. The van der Waals surface area contributed by atoms with Gasteiger partial charge in [0, 0.05) is 10.4 Å². The van der Waals surface area contributed by atoms with Gasteiger partial charge in [-0.3, -0.25) is 8.86 Å². The molecule has 0 radical (unpaired) electrons. The second kappa shape index (κ2) is 9.54. The molecule has 1 fully saturated rings. The lowest BCUT2D eigenvalue weighted by molar-refractivity contribution is -0.0185. The predicted molar refractivity (Wildman–Crippen MR) is 125 cm³/mol. The van der Waals surface area contributed by atoms with E-state index in [1.807, 2.05) is 31.2 Å². The molecule has 3 atom stereocenters. The van der Waals surface area contributed by atoms with Crippen LogP contribution in [0.4, 0.5) is 0 Å². The fourth-order valence-electron chi connectivity index (χ4n) is 4.55. The lowest BCUT2D eigenvalue weighted by Gasteiger charge is -2.33. The van der Waals surface area contributed by atoms with E-state index in [0.717, 1.165) is 17.5 Å². The molecule has 3 unspecified atom stereocenters. The summed E-state index contributed by atoms with van der Waals surface area (Å²) in [4.78, 5) is 4.28. The van der Waals surface area contributed by atoms with Gasteiger partial charge in [0.15, 0.2) is 0 Å². The van der Waals surface area contributed by atoms with Crippen molar-refractivity contribution in [2.24, 2.45) is 11.3 Å². The Morgan fingerprint density at radius 2 is 1.85 bits per heavy atom. The molecule has 0 saturated heterocycles. The van der Waals surface area contributed by atoms with Crippen molar-refractivity contribution in [2.75, 3.05) is 6.61 Å². The van der Waals surface area contributed by atoms with Gasteiger partial charge in [0.2, 0.25) is 0 Å². The van der Waals surface area contributed by atoms with Gasteiger partial charge >= 0.3 is 0 Å². The second-order valence-electron chi connectivity index (χ2n) is 8.96. The molecule has 4 rings (SSSR count). The van der Waals surface area contributed by atoms with Crippen LogP contribution in [0.3, 0.4) is 0 Å². The van der Waals surface area contributed by atoms with Crippen molar-refractivity contribution in [2.45, 2.75) is 50.7 Å². The van der Waals surface area contributed by atoms with Crippen molar-refractivity contribution >= 4 is 21.7 Å². The molecular formula is C24H28ClN3O4S. The minimum absolute atomic E-state index is 0.0403. The fraction of sp³-hybridized carbons (Fsp3) is 0.417. The van der Waals surface area contributed by atoms with Crippen LogP contribution in [-0.4, -0.2) is 41.0 Å². The smallest absolute Gasteiger partial charge is 0.296 e. The molecule has 2 aromatic carbocycles. The molecule has 33 heavy (non-hydrogen) atoms. The Balaban J connectivity index is 1.56. The summed E-state index contributed by atoms with van der Waals surface area (Å²) in [7, 11) is -3.97. The van der Waals surface area contributed by atoms with Gasteiger partial charge in [0.25, 0.3) is 10.1 Å². The average Bonchev–Trinajstić information content (AvgIpc) is 3.32. The van der Waals surface area contributed by atoms with Gasteiger partial charge in [-0.25, -0.2) is 4.98 Å². The van der Waals surface area contributed by atoms with Crippen LogP contribution in [0.5, 0.6) is 0 Å². The number of halogens is 1. The molecule has 3 aromatic rings. The van der Waals surface area contributed by atoms with Crippen LogP contribution in [0.1, 0.15) is 29.8 Å². The van der Waals surface area contributed by atoms with E-state index in [1.165, 1.54) is 12.1 Å². The zero-order chi connectivity index (χ0) is 23.6. The first kappa shape index (κ1) is 23.9. The third-order valence-corrected chi connectivity index (χ3v) is 7.97. The highest BCUT2D eigenvalue weighted by Crippen LogP contribution is 2.45. The SMILES string of the molecule is Cc1ccc(S(=O)(=O)OCC2(Cn3cnc(C)n3)CCC(Cc3ccc(Cl)cc3)C2O)cc1. The van der Waals surface area contributed by atoms with Gasteiger partial charge in [0.1, 0.15) is 12.2 Å². The van der Waals surface area contributed by atoms with E-state index in [9.17, 15) is 13.5 Å². The average molecular weight is 490 g/mol. The molecule has 0 spiro atoms. The standard InChI is InChI=1S/C24H28ClN3O4S/c1-17-3-9-22(10-4-17)33(30,31)32-15-24(14-28-16-26-18(2)27-28)12-11-20(23(24)29)13-19-5-7-21(25)8-6-19/h3-10,16,20,23,29H,11-15H2,1-2H3. The minimum atomic E-state index is -3.97. The lowest BCUT2D eigenvalue weighted by Crippen LogP contribution is -2.42. The lowest BCUT2D eigenvalue weighted by atomic mass is 9.82. The van der Waals surface area contributed by atoms with Gasteiger partial charge in [-0.15, -0.1) is 0 Å². The number of aromatic nitrogens is 3. The van der Waals surface area contributed by atoms with Gasteiger partial charge < -0.3 is 5.11 Å². The summed E-state index contributed by atoms with van der Waals surface area (Å²) in [6, 6.07) is 14.1. The minimum Gasteiger partial charge on any atom is -0.392 e. The largest absolute Gasteiger partial charge is 0.392 e. The molecule has 1 aromatic heterocycles. The van der Waals surface area contributed by atoms with Crippen molar-refractivity contribution < 1.29 is 17.7 Å². The van der Waals surface area contributed by atoms with E-state index in [2.05, 4.69) is 10.1 Å². The monoisotopic (exact) mass is 489 g/mol. The van der Waals surface area contributed by atoms with Crippen molar-refractivity contribution in [3.05, 3.63) is 76.8 Å². The third-order valence-electron chi connectivity index (χ3n) is 6.44. The first-order valence-corrected chi connectivity index (χ1v) is 12.7. The Labute approximate surface area is 199 Å². The van der Waals surface area contributed by atoms with Crippen molar-refractivity contribution in [3.8, 4) is 0 Å². The summed E-state index contributed by atoms with van der Waals surface area (Å²) in [5, 5.41) is 16.4. The number of hydrogen-bond donors (Lipinski definition) is 1. The summed E-state index contributed by atoms with van der Waals surface area (Å²) in [6.45, 7) is 3.86. The van der Waals surface area contributed by atoms with E-state index in [0.29, 0.717) is 30.2 Å². The molecule has 1 saturated carbocycles. The van der Waals surface area contributed by atoms with Crippen LogP contribution in [0.25, 0.3) is 0 Å². The molecule has 1 aliphatic carbocycles. The molecule has 0 amide bonds. The number of aliphatic hydroxyl groups excluding tert-OH is 1. The Kier molecular flexibility index (Phi) is 6.91. The maximum atomic E-state index is 12.9. The first-order chi connectivity index (χ1) is 15.7. The van der Waals surface area contributed by atoms with Crippen LogP contribution in [-0.2, 0) is 27.3 Å². The zero-order valence-corrected chi connectivity index (χ0v) is 20.3. The van der Waals surface area contributed by atoms with Crippen LogP contribution < -0.4 is 0 Å². The van der Waals surface area contributed by atoms with Crippen LogP contribution in [0, 0.1) is 25.2 Å². The quantitative estimate of drug-likeness (QED) is 0.481. The third kappa shape index (κ3) is 5.46. The molecular weight excluding hydrogens is 462 g/mol. The van der Waals surface area contributed by atoms with Crippen molar-refractivity contribution in [3.63, 3.8) is 0 Å². The predicted octanol–water partition coefficient (Wildman–Crippen LogP) is 3.95. The van der Waals surface area contributed by atoms with E-state index >= 15 is 0 Å².